The molecular formula is C61H70N6O20. The van der Waals surface area contributed by atoms with E-state index in [1.165, 1.54) is 64.5 Å². The van der Waals surface area contributed by atoms with E-state index in [0.717, 1.165) is 0 Å². The van der Waals surface area contributed by atoms with Gasteiger partial charge in [-0.25, -0.2) is 10.9 Å². The third kappa shape index (κ3) is 11.1. The molecule has 2 fully saturated rings. The zero-order valence-corrected chi connectivity index (χ0v) is 48.5. The molecule has 0 spiro atoms. The monoisotopic (exact) mass is 1210 g/mol. The summed E-state index contributed by atoms with van der Waals surface area (Å²) in [5.41, 5.74) is 10.3. The average Bonchev–Trinajstić information content (AvgIpc) is 0.733. The van der Waals surface area contributed by atoms with Gasteiger partial charge in [0.05, 0.1) is 95.6 Å². The van der Waals surface area contributed by atoms with E-state index < -0.39 is 166 Å². The fraction of sp³-hybridized carbons (Fsp3) is 0.475. The van der Waals surface area contributed by atoms with Gasteiger partial charge in [-0.3, -0.25) is 28.8 Å². The van der Waals surface area contributed by atoms with Gasteiger partial charge in [0, 0.05) is 96.8 Å². The second kappa shape index (κ2) is 24.1. The SMILES string of the molecule is COc1cccc2c1C(=O)c1c(O)c3c(c(O)c1C2=O)CC(O)(C(C)=NNC(=O)CCCCCC(=O)NN=C(C)C1(O)Cc2c(O)c4c(c(O)c2C(OC2CC(N)C(O)C(C)O2)C1)C(=O)c1c(OC)cccc1C4=O)CC3OC1CC(N)C(O)C(C)O1. The molecule has 4 aromatic rings. The molecule has 2 aliphatic heterocycles. The molecule has 464 valence electrons. The molecule has 0 radical (unpaired) electrons. The zero-order valence-electron chi connectivity index (χ0n) is 48.5. The van der Waals surface area contributed by atoms with Gasteiger partial charge in [0.15, 0.2) is 24.1 Å². The van der Waals surface area contributed by atoms with Crippen molar-refractivity contribution in [2.24, 2.45) is 21.7 Å². The molecule has 26 nitrogen and oxygen atoms in total. The van der Waals surface area contributed by atoms with Gasteiger partial charge in [-0.15, -0.1) is 0 Å². The highest BCUT2D eigenvalue weighted by Gasteiger charge is 2.52. The number of ether oxygens (including phenoxy) is 6. The number of ketones is 4. The van der Waals surface area contributed by atoms with Gasteiger partial charge in [0.1, 0.15) is 45.7 Å². The maximum Gasteiger partial charge on any atom is 0.240 e. The average molecular weight is 1210 g/mol. The van der Waals surface area contributed by atoms with Crippen LogP contribution in [0.4, 0.5) is 0 Å². The number of hydrogen-bond acceptors (Lipinski definition) is 24. The summed E-state index contributed by atoms with van der Waals surface area (Å²) < 4.78 is 35.3. The molecule has 10 rings (SSSR count). The lowest BCUT2D eigenvalue weighted by Gasteiger charge is -2.42. The van der Waals surface area contributed by atoms with E-state index >= 15 is 0 Å². The lowest BCUT2D eigenvalue weighted by Crippen LogP contribution is -2.52. The smallest absolute Gasteiger partial charge is 0.240 e. The van der Waals surface area contributed by atoms with Crippen molar-refractivity contribution in [2.45, 2.75) is 171 Å². The highest BCUT2D eigenvalue weighted by atomic mass is 16.7. The summed E-state index contributed by atoms with van der Waals surface area (Å²) >= 11 is 0. The molecule has 12 atom stereocenters. The third-order valence-corrected chi connectivity index (χ3v) is 17.6. The highest BCUT2D eigenvalue weighted by Crippen LogP contribution is 2.55. The number of nitrogens with zero attached hydrogens (tertiary/aromatic N) is 2. The van der Waals surface area contributed by atoms with E-state index in [1.807, 2.05) is 0 Å². The number of carbonyl (C=O) groups excluding carboxylic acids is 6. The standard InChI is InChI=1S/C61H70N6O20/c1-24-50(70)32(62)18-40(84-24)86-36-22-60(80,20-30-44(36)58(78)48-46(54(30)74)52(72)28-12-10-14-34(82-5)42(28)56(48)76)26(3)64-66-38(68)16-8-7-9-17-39(69)67-65-27(4)61(81)21-31-45(37(23-61)87-41-19-33(63)51(71)25(2)85-41)59(79)49-47(55(31)75)53(73)29-13-11-15-35(83-6)43(29)57(49)77/h10-15,24-25,32-33,36-37,40-41,50-51,70-71,74-75,78-81H,7-9,16-23,62-63H2,1-6H3,(H,66,68)(H,67,69). The Balaban J connectivity index is 0.795. The zero-order chi connectivity index (χ0) is 62.9. The van der Waals surface area contributed by atoms with Crippen molar-refractivity contribution in [1.29, 1.82) is 0 Å². The Morgan fingerprint density at radius 2 is 0.954 bits per heavy atom. The second-order valence-electron chi connectivity index (χ2n) is 23.2. The Bertz CT molecular complexity index is 3330. The number of nitrogens with one attached hydrogen (secondary N) is 2. The number of fused-ring (bicyclic) bond motifs is 6. The van der Waals surface area contributed by atoms with E-state index in [1.54, 1.807) is 13.8 Å². The van der Waals surface area contributed by atoms with Crippen LogP contribution in [0.3, 0.4) is 0 Å². The lowest BCUT2D eigenvalue weighted by atomic mass is 9.71. The summed E-state index contributed by atoms with van der Waals surface area (Å²) in [4.78, 5) is 82.8. The first-order chi connectivity index (χ1) is 41.2. The first-order valence-corrected chi connectivity index (χ1v) is 28.6. The maximum atomic E-state index is 14.1. The minimum absolute atomic E-state index is 0.0251. The number of rotatable bonds is 16. The van der Waals surface area contributed by atoms with Crippen LogP contribution in [0.15, 0.2) is 46.6 Å². The molecule has 6 aliphatic rings. The molecule has 4 aromatic carbocycles. The van der Waals surface area contributed by atoms with Crippen molar-refractivity contribution in [3.8, 4) is 34.5 Å². The summed E-state index contributed by atoms with van der Waals surface area (Å²) in [6.45, 7) is 6.00. The number of aliphatic hydroxyl groups is 4. The first-order valence-electron chi connectivity index (χ1n) is 28.6. The Labute approximate surface area is 498 Å². The number of hydrazone groups is 2. The fourth-order valence-electron chi connectivity index (χ4n) is 12.7. The van der Waals surface area contributed by atoms with Crippen LogP contribution in [-0.4, -0.2) is 162 Å². The number of aromatic hydroxyl groups is 4. The largest absolute Gasteiger partial charge is 0.507 e. The van der Waals surface area contributed by atoms with Crippen LogP contribution >= 0.6 is 0 Å². The quantitative estimate of drug-likeness (QED) is 0.0287. The van der Waals surface area contributed by atoms with Crippen molar-refractivity contribution in [2.75, 3.05) is 14.2 Å². The molecule has 4 aliphatic carbocycles. The van der Waals surface area contributed by atoms with E-state index in [-0.39, 0.29) is 119 Å². The minimum Gasteiger partial charge on any atom is -0.507 e. The third-order valence-electron chi connectivity index (χ3n) is 17.6. The minimum atomic E-state index is -2.02. The number of amides is 2. The molecule has 0 aromatic heterocycles. The van der Waals surface area contributed by atoms with E-state index in [2.05, 4.69) is 21.1 Å². The summed E-state index contributed by atoms with van der Waals surface area (Å²) in [6.07, 6.45) is -9.53. The molecule has 12 unspecified atom stereocenters. The Hall–Kier alpha value is -7.76. The maximum absolute atomic E-state index is 14.1. The van der Waals surface area contributed by atoms with Crippen molar-refractivity contribution < 1.29 is 98.0 Å². The van der Waals surface area contributed by atoms with Crippen LogP contribution in [0.25, 0.3) is 0 Å². The van der Waals surface area contributed by atoms with Gasteiger partial charge in [0.25, 0.3) is 0 Å². The van der Waals surface area contributed by atoms with Crippen LogP contribution in [0.2, 0.25) is 0 Å². The van der Waals surface area contributed by atoms with Gasteiger partial charge in [-0.1, -0.05) is 30.7 Å². The van der Waals surface area contributed by atoms with Gasteiger partial charge in [-0.05, 0) is 52.7 Å². The predicted molar refractivity (Wildman–Crippen MR) is 305 cm³/mol. The number of carbonyl (C=O) groups is 6. The molecule has 87 heavy (non-hydrogen) atoms. The Morgan fingerprint density at radius 1 is 0.586 bits per heavy atom. The Morgan fingerprint density at radius 3 is 1.31 bits per heavy atom. The number of hydrogen-bond donors (Lipinski definition) is 12. The number of phenolic OH excluding ortho intramolecular Hbond substituents is 4. The number of phenols is 4. The summed E-state index contributed by atoms with van der Waals surface area (Å²) in [6, 6.07) is 7.13. The summed E-state index contributed by atoms with van der Waals surface area (Å²) in [7, 11) is 2.63. The van der Waals surface area contributed by atoms with Crippen LogP contribution in [-0.2, 0) is 41.4 Å². The van der Waals surface area contributed by atoms with Crippen molar-refractivity contribution in [3.63, 3.8) is 0 Å². The van der Waals surface area contributed by atoms with Crippen molar-refractivity contribution in [3.05, 3.63) is 103 Å². The fourth-order valence-corrected chi connectivity index (χ4v) is 12.7. The molecule has 2 heterocycles. The Kier molecular flexibility index (Phi) is 17.2. The number of aliphatic hydroxyl groups excluding tert-OH is 2. The molecule has 0 saturated carbocycles. The van der Waals surface area contributed by atoms with Crippen molar-refractivity contribution in [1.82, 2.24) is 10.9 Å². The van der Waals surface area contributed by atoms with E-state index in [0.29, 0.717) is 6.42 Å². The molecule has 2 saturated heterocycles. The van der Waals surface area contributed by atoms with Crippen LogP contribution < -0.4 is 31.8 Å². The van der Waals surface area contributed by atoms with Crippen LogP contribution in [0.1, 0.15) is 184 Å². The predicted octanol–water partition coefficient (Wildman–Crippen LogP) is 2.83. The molecule has 26 heteroatoms. The summed E-state index contributed by atoms with van der Waals surface area (Å²) in [5.74, 6) is -6.89. The van der Waals surface area contributed by atoms with Crippen LogP contribution in [0, 0.1) is 0 Å². The molecule has 2 amide bonds. The van der Waals surface area contributed by atoms with E-state index in [4.69, 9.17) is 39.9 Å². The van der Waals surface area contributed by atoms with Crippen LogP contribution in [0.5, 0.6) is 34.5 Å². The molecular weight excluding hydrogens is 1140 g/mol. The summed E-state index contributed by atoms with van der Waals surface area (Å²) in [5, 5.41) is 102. The number of nitrogens with two attached hydrogens (primary N) is 2. The second-order valence-corrected chi connectivity index (χ2v) is 23.2. The molecule has 14 N–H and O–H groups in total. The topological polar surface area (TPSA) is 420 Å². The van der Waals surface area contributed by atoms with Crippen molar-refractivity contribution >= 4 is 46.4 Å². The van der Waals surface area contributed by atoms with E-state index in [9.17, 15) is 69.6 Å². The van der Waals surface area contributed by atoms with Gasteiger partial charge in [-0.2, -0.15) is 10.2 Å². The van der Waals surface area contributed by atoms with Gasteiger partial charge < -0.3 is 80.7 Å². The number of benzene rings is 4. The number of unbranched alkanes of at least 4 members (excludes halogenated alkanes) is 2. The first kappa shape index (κ1) is 62.3. The number of methoxy groups -OCH3 is 2. The van der Waals surface area contributed by atoms with Gasteiger partial charge in [0.2, 0.25) is 23.4 Å². The molecule has 0 bridgehead atoms. The lowest BCUT2D eigenvalue weighted by molar-refractivity contribution is -0.246. The highest BCUT2D eigenvalue weighted by molar-refractivity contribution is 6.32. The normalized spacial score (nSPS) is 28.6. The van der Waals surface area contributed by atoms with Gasteiger partial charge >= 0.3 is 0 Å².